The first kappa shape index (κ1) is 25.4. The van der Waals surface area contributed by atoms with Gasteiger partial charge in [-0.1, -0.05) is 11.6 Å². The third-order valence-electron chi connectivity index (χ3n) is 4.64. The summed E-state index contributed by atoms with van der Waals surface area (Å²) in [5.74, 6) is -1.21. The van der Waals surface area contributed by atoms with Crippen molar-refractivity contribution in [1.82, 2.24) is 14.9 Å². The second-order valence-corrected chi connectivity index (χ2v) is 10.7. The van der Waals surface area contributed by atoms with Gasteiger partial charge in [-0.15, -0.1) is 0 Å². The molecule has 2 rings (SSSR count). The van der Waals surface area contributed by atoms with Crippen LogP contribution in [-0.4, -0.2) is 49.7 Å². The zero-order chi connectivity index (χ0) is 23.6. The third-order valence-corrected chi connectivity index (χ3v) is 6.87. The molecule has 1 aliphatic rings. The van der Waals surface area contributed by atoms with E-state index in [-0.39, 0.29) is 44.3 Å². The molecule has 31 heavy (non-hydrogen) atoms. The van der Waals surface area contributed by atoms with Crippen molar-refractivity contribution in [3.8, 4) is 0 Å². The molecule has 1 fully saturated rings. The molecule has 2 N–H and O–H groups in total. The Morgan fingerprint density at radius 1 is 1.16 bits per heavy atom. The van der Waals surface area contributed by atoms with Gasteiger partial charge < -0.3 is 10.6 Å². The van der Waals surface area contributed by atoms with Gasteiger partial charge in [-0.05, 0) is 51.8 Å². The van der Waals surface area contributed by atoms with Crippen LogP contribution >= 0.6 is 11.6 Å². The van der Waals surface area contributed by atoms with Crippen LogP contribution in [0.15, 0.2) is 23.1 Å². The van der Waals surface area contributed by atoms with Gasteiger partial charge >= 0.3 is 6.18 Å². The number of hydrogen-bond acceptors (Lipinski definition) is 4. The van der Waals surface area contributed by atoms with E-state index in [1.54, 1.807) is 20.8 Å². The van der Waals surface area contributed by atoms with E-state index in [9.17, 15) is 31.2 Å². The van der Waals surface area contributed by atoms with Crippen molar-refractivity contribution in [2.45, 2.75) is 50.2 Å². The average Bonchev–Trinajstić information content (AvgIpc) is 2.64. The number of nitrogens with zero attached hydrogens (tertiary/aromatic N) is 1. The normalized spacial score (nSPS) is 16.7. The van der Waals surface area contributed by atoms with Gasteiger partial charge in [-0.3, -0.25) is 9.59 Å². The topological polar surface area (TPSA) is 95.6 Å². The summed E-state index contributed by atoms with van der Waals surface area (Å²) in [5.41, 5.74) is -1.66. The van der Waals surface area contributed by atoms with Crippen molar-refractivity contribution in [1.29, 1.82) is 0 Å². The third kappa shape index (κ3) is 6.81. The number of hydrogen-bond donors (Lipinski definition) is 2. The summed E-state index contributed by atoms with van der Waals surface area (Å²) in [6, 6.07) is 2.45. The predicted octanol–water partition coefficient (Wildman–Crippen LogP) is 2.79. The molecule has 0 radical (unpaired) electrons. The monoisotopic (exact) mass is 483 g/mol. The number of amides is 2. The van der Waals surface area contributed by atoms with Gasteiger partial charge in [0.25, 0.3) is 0 Å². The van der Waals surface area contributed by atoms with Gasteiger partial charge in [0.05, 0.1) is 22.0 Å². The molecular weight excluding hydrogens is 459 g/mol. The molecule has 7 nitrogen and oxygen atoms in total. The summed E-state index contributed by atoms with van der Waals surface area (Å²) in [6.07, 6.45) is -4.41. The van der Waals surface area contributed by atoms with Crippen LogP contribution in [0.5, 0.6) is 0 Å². The maximum atomic E-state index is 13.1. The number of piperidine rings is 1. The Labute approximate surface area is 184 Å². The van der Waals surface area contributed by atoms with E-state index in [4.69, 9.17) is 11.6 Å². The molecule has 0 aromatic heterocycles. The molecule has 12 heteroatoms. The van der Waals surface area contributed by atoms with Gasteiger partial charge in [-0.25, -0.2) is 8.42 Å². The Kier molecular flexibility index (Phi) is 7.65. The lowest BCUT2D eigenvalue weighted by atomic mass is 9.97. The zero-order valence-electron chi connectivity index (χ0n) is 17.3. The summed E-state index contributed by atoms with van der Waals surface area (Å²) < 4.78 is 65.7. The first-order valence-electron chi connectivity index (χ1n) is 9.57. The fraction of sp³-hybridized carbons (Fsp3) is 0.579. The van der Waals surface area contributed by atoms with Crippen molar-refractivity contribution in [3.05, 3.63) is 28.8 Å². The summed E-state index contributed by atoms with van der Waals surface area (Å²) in [5, 5.41) is 4.66. The Morgan fingerprint density at radius 2 is 1.74 bits per heavy atom. The highest BCUT2D eigenvalue weighted by molar-refractivity contribution is 7.89. The number of carbonyl (C=O) groups is 2. The van der Waals surface area contributed by atoms with Gasteiger partial charge in [0.15, 0.2) is 0 Å². The largest absolute Gasteiger partial charge is 0.417 e. The van der Waals surface area contributed by atoms with Crippen molar-refractivity contribution in [2.75, 3.05) is 19.6 Å². The lowest BCUT2D eigenvalue weighted by Crippen LogP contribution is -2.48. The molecule has 0 unspecified atom stereocenters. The van der Waals surface area contributed by atoms with Gasteiger partial charge in [0.1, 0.15) is 0 Å². The van der Waals surface area contributed by atoms with Crippen LogP contribution in [0.3, 0.4) is 0 Å². The number of benzene rings is 1. The van der Waals surface area contributed by atoms with E-state index < -0.39 is 43.1 Å². The number of rotatable bonds is 5. The number of sulfonamides is 1. The first-order valence-corrected chi connectivity index (χ1v) is 11.4. The molecule has 0 saturated carbocycles. The lowest BCUT2D eigenvalue weighted by Gasteiger charge is -2.30. The number of alkyl halides is 3. The fourth-order valence-corrected chi connectivity index (χ4v) is 4.88. The van der Waals surface area contributed by atoms with Crippen LogP contribution in [0.4, 0.5) is 13.2 Å². The quantitative estimate of drug-likeness (QED) is 0.673. The minimum absolute atomic E-state index is 0.0292. The maximum absolute atomic E-state index is 13.1. The van der Waals surface area contributed by atoms with Crippen LogP contribution in [0, 0.1) is 5.92 Å². The van der Waals surface area contributed by atoms with E-state index in [1.807, 2.05) is 0 Å². The highest BCUT2D eigenvalue weighted by Crippen LogP contribution is 2.36. The Hall–Kier alpha value is -1.85. The molecule has 0 atom stereocenters. The fourth-order valence-electron chi connectivity index (χ4n) is 3.16. The molecule has 1 aromatic carbocycles. The van der Waals surface area contributed by atoms with Crippen LogP contribution < -0.4 is 10.6 Å². The van der Waals surface area contributed by atoms with Crippen LogP contribution in [0.25, 0.3) is 0 Å². The predicted molar refractivity (Wildman–Crippen MR) is 109 cm³/mol. The minimum Gasteiger partial charge on any atom is -0.350 e. The summed E-state index contributed by atoms with van der Waals surface area (Å²) in [4.78, 5) is 23.6. The Balaban J connectivity index is 1.99. The van der Waals surface area contributed by atoms with Gasteiger partial charge in [0, 0.05) is 24.5 Å². The van der Waals surface area contributed by atoms with E-state index in [0.29, 0.717) is 6.07 Å². The maximum Gasteiger partial charge on any atom is 0.417 e. The summed E-state index contributed by atoms with van der Waals surface area (Å²) >= 11 is 5.56. The van der Waals surface area contributed by atoms with Crippen LogP contribution in [0.1, 0.15) is 39.2 Å². The Bertz CT molecular complexity index is 938. The molecule has 2 amide bonds. The van der Waals surface area contributed by atoms with Crippen molar-refractivity contribution >= 4 is 33.4 Å². The smallest absolute Gasteiger partial charge is 0.350 e. The van der Waals surface area contributed by atoms with Crippen molar-refractivity contribution in [3.63, 3.8) is 0 Å². The highest BCUT2D eigenvalue weighted by atomic mass is 35.5. The van der Waals surface area contributed by atoms with Crippen LogP contribution in [-0.2, 0) is 25.8 Å². The van der Waals surface area contributed by atoms with Crippen molar-refractivity contribution in [2.24, 2.45) is 5.92 Å². The second-order valence-electron chi connectivity index (χ2n) is 8.33. The highest BCUT2D eigenvalue weighted by Gasteiger charge is 2.37. The number of halogens is 4. The molecule has 0 spiro atoms. The Morgan fingerprint density at radius 3 is 2.26 bits per heavy atom. The van der Waals surface area contributed by atoms with E-state index >= 15 is 0 Å². The number of nitrogens with one attached hydrogen (secondary N) is 2. The molecule has 174 valence electrons. The molecule has 0 bridgehead atoms. The molecule has 0 aliphatic carbocycles. The molecular formula is C19H25ClF3N3O4S. The lowest BCUT2D eigenvalue weighted by molar-refractivity contribution is -0.137. The van der Waals surface area contributed by atoms with Gasteiger partial charge in [-0.2, -0.15) is 17.5 Å². The van der Waals surface area contributed by atoms with Crippen molar-refractivity contribution < 1.29 is 31.2 Å². The van der Waals surface area contributed by atoms with E-state index in [1.165, 1.54) is 0 Å². The van der Waals surface area contributed by atoms with Crippen LogP contribution in [0.2, 0.25) is 5.02 Å². The summed E-state index contributed by atoms with van der Waals surface area (Å²) in [7, 11) is -4.18. The van der Waals surface area contributed by atoms with Gasteiger partial charge in [0.2, 0.25) is 21.8 Å². The standard InChI is InChI=1S/C19H25ClF3N3O4S/c1-18(2,3)25-16(27)11-24-17(28)12-6-8-26(9-7-12)31(29,30)13-4-5-15(20)14(10-13)19(21,22)23/h4-5,10,12H,6-9,11H2,1-3H3,(H,24,28)(H,25,27). The molecule has 1 heterocycles. The second kappa shape index (κ2) is 9.33. The minimum atomic E-state index is -4.78. The van der Waals surface area contributed by atoms with E-state index in [0.717, 1.165) is 16.4 Å². The van der Waals surface area contributed by atoms with E-state index in [2.05, 4.69) is 10.6 Å². The first-order chi connectivity index (χ1) is 14.1. The average molecular weight is 484 g/mol. The molecule has 1 saturated heterocycles. The number of carbonyl (C=O) groups excluding carboxylic acids is 2. The summed E-state index contributed by atoms with van der Waals surface area (Å²) in [6.45, 7) is 5.17. The zero-order valence-corrected chi connectivity index (χ0v) is 18.9. The molecule has 1 aromatic rings. The SMILES string of the molecule is CC(C)(C)NC(=O)CNC(=O)C1CCN(S(=O)(=O)c2ccc(Cl)c(C(F)(F)F)c2)CC1. The molecule has 1 aliphatic heterocycles.